The van der Waals surface area contributed by atoms with E-state index >= 15 is 0 Å². The van der Waals surface area contributed by atoms with Crippen molar-refractivity contribution in [2.45, 2.75) is 6.92 Å². The highest BCUT2D eigenvalue weighted by atomic mass is 35.5. The van der Waals surface area contributed by atoms with Crippen LogP contribution in [0.3, 0.4) is 0 Å². The van der Waals surface area contributed by atoms with Gasteiger partial charge in [0.25, 0.3) is 5.78 Å². The van der Waals surface area contributed by atoms with E-state index in [1.165, 1.54) is 6.33 Å². The number of rotatable bonds is 3. The zero-order chi connectivity index (χ0) is 20.7. The summed E-state index contributed by atoms with van der Waals surface area (Å²) in [6, 6.07) is 5.56. The van der Waals surface area contributed by atoms with Crippen LogP contribution in [0.2, 0.25) is 5.02 Å². The predicted molar refractivity (Wildman–Crippen MR) is 111 cm³/mol. The maximum atomic E-state index is 12.7. The second-order valence-electron chi connectivity index (χ2n) is 7.11. The third-order valence-electron chi connectivity index (χ3n) is 5.14. The molecule has 2 aliphatic rings. The molecule has 0 unspecified atom stereocenters. The fraction of sp³-hybridized carbons (Fsp3) is 0.300. The van der Waals surface area contributed by atoms with Gasteiger partial charge in [0.1, 0.15) is 12.1 Å². The number of hydrogen-bond donors (Lipinski definition) is 0. The zero-order valence-corrected chi connectivity index (χ0v) is 17.0. The van der Waals surface area contributed by atoms with Crippen LogP contribution >= 0.6 is 11.6 Å². The first-order valence-corrected chi connectivity index (χ1v) is 9.95. The average molecular weight is 427 g/mol. The molecule has 0 spiro atoms. The van der Waals surface area contributed by atoms with Gasteiger partial charge in [0.2, 0.25) is 12.7 Å². The van der Waals surface area contributed by atoms with Crippen molar-refractivity contribution in [3.8, 4) is 11.5 Å². The Morgan fingerprint density at radius 2 is 2.00 bits per heavy atom. The lowest BCUT2D eigenvalue weighted by molar-refractivity contribution is -0.126. The lowest BCUT2D eigenvalue weighted by Crippen LogP contribution is -2.48. The molecule has 1 aromatic carbocycles. The number of hydrogen-bond acceptors (Lipinski definition) is 7. The standard InChI is InChI=1S/C20H19ClN6O3/c1-13-8-17(27-20(24-13)22-11-23-27)25-4-6-26(7-5-25)18(28)3-2-14-9-15(21)19-16(10-14)29-12-30-19/h2-3,8-11H,4-7,12H2,1H3/b3-2+. The van der Waals surface area contributed by atoms with Gasteiger partial charge in [0.15, 0.2) is 11.5 Å². The van der Waals surface area contributed by atoms with E-state index in [1.807, 2.05) is 24.0 Å². The monoisotopic (exact) mass is 426 g/mol. The number of piperazine rings is 1. The molecular formula is C20H19ClN6O3. The Morgan fingerprint density at radius 3 is 2.83 bits per heavy atom. The molecule has 9 nitrogen and oxygen atoms in total. The highest BCUT2D eigenvalue weighted by molar-refractivity contribution is 6.32. The van der Waals surface area contributed by atoms with Gasteiger partial charge in [-0.25, -0.2) is 4.98 Å². The van der Waals surface area contributed by atoms with Crippen LogP contribution in [0, 0.1) is 6.92 Å². The van der Waals surface area contributed by atoms with Crippen LogP contribution in [-0.2, 0) is 4.79 Å². The first-order chi connectivity index (χ1) is 14.6. The van der Waals surface area contributed by atoms with E-state index in [4.69, 9.17) is 21.1 Å². The number of aromatic nitrogens is 4. The summed E-state index contributed by atoms with van der Waals surface area (Å²) in [5.74, 6) is 2.61. The van der Waals surface area contributed by atoms with E-state index < -0.39 is 0 Å². The van der Waals surface area contributed by atoms with Crippen molar-refractivity contribution in [2.24, 2.45) is 0 Å². The fourth-order valence-electron chi connectivity index (χ4n) is 3.65. The summed E-state index contributed by atoms with van der Waals surface area (Å²) < 4.78 is 12.4. The third kappa shape index (κ3) is 3.41. The van der Waals surface area contributed by atoms with Gasteiger partial charge in [-0.1, -0.05) is 11.6 Å². The Hall–Kier alpha value is -3.33. The number of anilines is 1. The van der Waals surface area contributed by atoms with Gasteiger partial charge in [-0.15, -0.1) is 0 Å². The van der Waals surface area contributed by atoms with E-state index in [9.17, 15) is 4.79 Å². The van der Waals surface area contributed by atoms with Gasteiger partial charge in [-0.3, -0.25) is 4.79 Å². The van der Waals surface area contributed by atoms with Crippen molar-refractivity contribution < 1.29 is 14.3 Å². The average Bonchev–Trinajstić information content (AvgIpc) is 3.41. The van der Waals surface area contributed by atoms with Gasteiger partial charge in [0.05, 0.1) is 5.02 Å². The molecule has 5 rings (SSSR count). The highest BCUT2D eigenvalue weighted by Crippen LogP contribution is 2.40. The normalized spacial score (nSPS) is 16.1. The summed E-state index contributed by atoms with van der Waals surface area (Å²) in [6.07, 6.45) is 4.81. The van der Waals surface area contributed by atoms with Gasteiger partial charge >= 0.3 is 0 Å². The molecule has 2 aromatic heterocycles. The molecule has 4 heterocycles. The molecule has 1 fully saturated rings. The topological polar surface area (TPSA) is 85.1 Å². The first kappa shape index (κ1) is 18.7. The molecule has 154 valence electrons. The van der Waals surface area contributed by atoms with Crippen molar-refractivity contribution in [2.75, 3.05) is 37.9 Å². The molecule has 1 saturated heterocycles. The second kappa shape index (κ2) is 7.49. The smallest absolute Gasteiger partial charge is 0.254 e. The Balaban J connectivity index is 1.25. The molecular weight excluding hydrogens is 408 g/mol. The maximum Gasteiger partial charge on any atom is 0.254 e. The van der Waals surface area contributed by atoms with Gasteiger partial charge in [-0.2, -0.15) is 14.6 Å². The molecule has 30 heavy (non-hydrogen) atoms. The lowest BCUT2D eigenvalue weighted by Gasteiger charge is -2.35. The predicted octanol–water partition coefficient (Wildman–Crippen LogP) is 2.18. The summed E-state index contributed by atoms with van der Waals surface area (Å²) in [4.78, 5) is 25.2. The Labute approximate surface area is 177 Å². The third-order valence-corrected chi connectivity index (χ3v) is 5.43. The van der Waals surface area contributed by atoms with E-state index in [2.05, 4.69) is 20.0 Å². The van der Waals surface area contributed by atoms with Crippen molar-refractivity contribution in [3.63, 3.8) is 0 Å². The molecule has 0 radical (unpaired) electrons. The highest BCUT2D eigenvalue weighted by Gasteiger charge is 2.23. The number of amides is 1. The Morgan fingerprint density at radius 1 is 1.17 bits per heavy atom. The van der Waals surface area contributed by atoms with Crippen LogP contribution in [0.15, 0.2) is 30.6 Å². The largest absolute Gasteiger partial charge is 0.454 e. The van der Waals surface area contributed by atoms with Crippen molar-refractivity contribution >= 4 is 35.2 Å². The molecule has 3 aromatic rings. The molecule has 0 N–H and O–H groups in total. The van der Waals surface area contributed by atoms with E-state index in [-0.39, 0.29) is 12.7 Å². The molecule has 10 heteroatoms. The molecule has 0 saturated carbocycles. The van der Waals surface area contributed by atoms with E-state index in [1.54, 1.807) is 22.7 Å². The van der Waals surface area contributed by atoms with Crippen LogP contribution in [-0.4, -0.2) is 63.4 Å². The minimum atomic E-state index is -0.0414. The minimum Gasteiger partial charge on any atom is -0.454 e. The van der Waals surface area contributed by atoms with Gasteiger partial charge in [-0.05, 0) is 30.7 Å². The summed E-state index contributed by atoms with van der Waals surface area (Å²) in [7, 11) is 0. The van der Waals surface area contributed by atoms with Crippen molar-refractivity contribution in [1.82, 2.24) is 24.5 Å². The van der Waals surface area contributed by atoms with Crippen LogP contribution in [0.1, 0.15) is 11.3 Å². The number of aryl methyl sites for hydroxylation is 1. The van der Waals surface area contributed by atoms with Crippen molar-refractivity contribution in [3.05, 3.63) is 46.9 Å². The zero-order valence-electron chi connectivity index (χ0n) is 16.3. The van der Waals surface area contributed by atoms with E-state index in [0.29, 0.717) is 48.5 Å². The number of carbonyl (C=O) groups excluding carboxylic acids is 1. The molecule has 0 aliphatic carbocycles. The molecule has 0 bridgehead atoms. The van der Waals surface area contributed by atoms with Crippen LogP contribution < -0.4 is 14.4 Å². The number of nitrogens with zero attached hydrogens (tertiary/aromatic N) is 6. The summed E-state index contributed by atoms with van der Waals surface area (Å²) in [5, 5.41) is 4.73. The van der Waals surface area contributed by atoms with Crippen molar-refractivity contribution in [1.29, 1.82) is 0 Å². The lowest BCUT2D eigenvalue weighted by atomic mass is 10.2. The SMILES string of the molecule is Cc1cc(N2CCN(C(=O)/C=C/c3cc(Cl)c4c(c3)OCO4)CC2)n2ncnc2n1. The number of fused-ring (bicyclic) bond motifs is 2. The van der Waals surface area contributed by atoms with Gasteiger partial charge in [0, 0.05) is 44.0 Å². The minimum absolute atomic E-state index is 0.0414. The number of halogens is 1. The number of ether oxygens (including phenoxy) is 2. The number of benzene rings is 1. The Bertz CT molecular complexity index is 1150. The van der Waals surface area contributed by atoms with Crippen LogP contribution in [0.25, 0.3) is 11.9 Å². The van der Waals surface area contributed by atoms with Gasteiger partial charge < -0.3 is 19.3 Å². The van der Waals surface area contributed by atoms with E-state index in [0.717, 1.165) is 17.1 Å². The molecule has 0 atom stereocenters. The van der Waals surface area contributed by atoms with Crippen LogP contribution in [0.5, 0.6) is 11.5 Å². The fourth-order valence-corrected chi connectivity index (χ4v) is 3.92. The maximum absolute atomic E-state index is 12.7. The molecule has 2 aliphatic heterocycles. The quantitative estimate of drug-likeness (QED) is 0.593. The van der Waals surface area contributed by atoms with Crippen LogP contribution in [0.4, 0.5) is 5.82 Å². The first-order valence-electron chi connectivity index (χ1n) is 9.57. The second-order valence-corrected chi connectivity index (χ2v) is 7.52. The Kier molecular flexibility index (Phi) is 4.66. The summed E-state index contributed by atoms with van der Waals surface area (Å²) >= 11 is 6.20. The number of carbonyl (C=O) groups is 1. The summed E-state index contributed by atoms with van der Waals surface area (Å²) in [6.45, 7) is 4.72. The molecule has 1 amide bonds. The summed E-state index contributed by atoms with van der Waals surface area (Å²) in [5.41, 5.74) is 1.67.